The molecule has 1 amide bonds. The van der Waals surface area contributed by atoms with Gasteiger partial charge in [0.2, 0.25) is 11.9 Å². The first-order chi connectivity index (χ1) is 18.8. The highest BCUT2D eigenvalue weighted by Gasteiger charge is 2.29. The van der Waals surface area contributed by atoms with Crippen molar-refractivity contribution < 1.29 is 13.9 Å². The molecule has 1 saturated heterocycles. The lowest BCUT2D eigenvalue weighted by molar-refractivity contribution is -0.126. The van der Waals surface area contributed by atoms with Crippen LogP contribution in [0.2, 0.25) is 0 Å². The summed E-state index contributed by atoms with van der Waals surface area (Å²) in [5.41, 5.74) is 2.66. The summed E-state index contributed by atoms with van der Waals surface area (Å²) < 4.78 is 22.5. The van der Waals surface area contributed by atoms with Crippen LogP contribution in [-0.2, 0) is 11.8 Å². The minimum atomic E-state index is -0.574. The number of rotatable bonds is 7. The monoisotopic (exact) mass is 529 g/mol. The van der Waals surface area contributed by atoms with Gasteiger partial charge in [-0.3, -0.25) is 9.48 Å². The van der Waals surface area contributed by atoms with E-state index in [4.69, 9.17) is 9.72 Å². The zero-order valence-corrected chi connectivity index (χ0v) is 21.9. The van der Waals surface area contributed by atoms with Crippen LogP contribution in [0.25, 0.3) is 11.1 Å². The van der Waals surface area contributed by atoms with E-state index in [2.05, 4.69) is 36.8 Å². The highest BCUT2D eigenvalue weighted by atomic mass is 19.1. The number of aromatic nitrogens is 6. The topological polar surface area (TPSA) is 114 Å². The van der Waals surface area contributed by atoms with Gasteiger partial charge in [0.15, 0.2) is 11.6 Å². The molecule has 0 spiro atoms. The predicted octanol–water partition coefficient (Wildman–Crippen LogP) is 3.87. The highest BCUT2D eigenvalue weighted by Crippen LogP contribution is 2.35. The van der Waals surface area contributed by atoms with E-state index in [9.17, 15) is 4.79 Å². The second kappa shape index (κ2) is 10.9. The maximum atomic E-state index is 15.2. The lowest BCUT2D eigenvalue weighted by Gasteiger charge is -2.41. The van der Waals surface area contributed by atoms with Crippen LogP contribution < -0.4 is 15.0 Å². The molecule has 4 heterocycles. The Hall–Kier alpha value is -4.87. The van der Waals surface area contributed by atoms with Crippen LogP contribution in [0.3, 0.4) is 0 Å². The molecular formula is C27H28FN9O2. The van der Waals surface area contributed by atoms with Crippen molar-refractivity contribution in [1.82, 2.24) is 34.6 Å². The number of ether oxygens (including phenoxy) is 1. The van der Waals surface area contributed by atoms with E-state index in [0.717, 1.165) is 5.69 Å². The van der Waals surface area contributed by atoms with E-state index in [1.807, 2.05) is 20.2 Å². The number of nitrogens with one attached hydrogen (secondary N) is 1. The van der Waals surface area contributed by atoms with Crippen LogP contribution in [0.5, 0.6) is 11.8 Å². The number of nitrogens with zero attached hydrogens (tertiary/aromatic N) is 8. The SMILES string of the molecule is C=CC(=O)N1CCN(c2nc(Nc3cnn(C)c3)ncc2-c2ccc(Oc3nccc(C)n3)c(F)c2)[C@@H](C)C1. The minimum Gasteiger partial charge on any atom is -0.421 e. The van der Waals surface area contributed by atoms with Gasteiger partial charge in [0.1, 0.15) is 5.82 Å². The number of carbonyl (C=O) groups excluding carboxylic acids is 1. The van der Waals surface area contributed by atoms with E-state index in [-0.39, 0.29) is 23.7 Å². The van der Waals surface area contributed by atoms with Crippen LogP contribution in [-0.4, -0.2) is 66.2 Å². The van der Waals surface area contributed by atoms with Crippen LogP contribution in [0.1, 0.15) is 12.6 Å². The van der Waals surface area contributed by atoms with Gasteiger partial charge >= 0.3 is 6.01 Å². The minimum absolute atomic E-state index is 0.00611. The fourth-order valence-electron chi connectivity index (χ4n) is 4.40. The molecule has 0 aliphatic carbocycles. The third kappa shape index (κ3) is 5.69. The third-order valence-electron chi connectivity index (χ3n) is 6.33. The largest absolute Gasteiger partial charge is 0.421 e. The Labute approximate surface area is 225 Å². The Bertz CT molecular complexity index is 1520. The van der Waals surface area contributed by atoms with Crippen molar-refractivity contribution in [1.29, 1.82) is 0 Å². The number of halogens is 1. The van der Waals surface area contributed by atoms with Crippen molar-refractivity contribution in [3.05, 3.63) is 73.2 Å². The Morgan fingerprint density at radius 2 is 2.05 bits per heavy atom. The summed E-state index contributed by atoms with van der Waals surface area (Å²) in [7, 11) is 1.82. The smallest absolute Gasteiger partial charge is 0.322 e. The van der Waals surface area contributed by atoms with Crippen LogP contribution in [0, 0.1) is 12.7 Å². The summed E-state index contributed by atoms with van der Waals surface area (Å²) in [5.74, 6) is 0.306. The van der Waals surface area contributed by atoms with E-state index < -0.39 is 5.82 Å². The molecule has 5 rings (SSSR count). The van der Waals surface area contributed by atoms with Gasteiger partial charge in [-0.15, -0.1) is 0 Å². The second-order valence-electron chi connectivity index (χ2n) is 9.22. The second-order valence-corrected chi connectivity index (χ2v) is 9.22. The van der Waals surface area contributed by atoms with Gasteiger partial charge in [-0.25, -0.2) is 19.3 Å². The standard InChI is InChI=1S/C27H28FN9O2/c1-5-24(38)36-10-11-37(18(3)15-36)25-21(14-30-26(34-25)33-20-13-31-35(4)16-20)19-6-7-23(22(28)12-19)39-27-29-9-8-17(2)32-27/h5-9,12-14,16,18H,1,10-11,15H2,2-4H3,(H,30,33,34)/t18-/m0/s1. The van der Waals surface area contributed by atoms with Crippen molar-refractivity contribution in [3.63, 3.8) is 0 Å². The first-order valence-corrected chi connectivity index (χ1v) is 12.4. The van der Waals surface area contributed by atoms with E-state index in [0.29, 0.717) is 48.2 Å². The molecule has 1 aliphatic rings. The Balaban J connectivity index is 1.49. The molecule has 12 heteroatoms. The van der Waals surface area contributed by atoms with E-state index >= 15 is 4.39 Å². The number of hydrogen-bond acceptors (Lipinski definition) is 9. The van der Waals surface area contributed by atoms with Crippen LogP contribution >= 0.6 is 0 Å². The van der Waals surface area contributed by atoms with Gasteiger partial charge in [-0.05, 0) is 43.7 Å². The predicted molar refractivity (Wildman–Crippen MR) is 144 cm³/mol. The Morgan fingerprint density at radius 3 is 2.74 bits per heavy atom. The van der Waals surface area contributed by atoms with Crippen molar-refractivity contribution in [2.75, 3.05) is 29.9 Å². The quantitative estimate of drug-likeness (QED) is 0.356. The van der Waals surface area contributed by atoms with Gasteiger partial charge in [0.25, 0.3) is 0 Å². The van der Waals surface area contributed by atoms with Crippen molar-refractivity contribution in [2.24, 2.45) is 7.05 Å². The summed E-state index contributed by atoms with van der Waals surface area (Å²) in [6.07, 6.45) is 8.02. The molecule has 0 unspecified atom stereocenters. The Kier molecular flexibility index (Phi) is 7.17. The number of carbonyl (C=O) groups is 1. The molecule has 39 heavy (non-hydrogen) atoms. The maximum Gasteiger partial charge on any atom is 0.322 e. The lowest BCUT2D eigenvalue weighted by Crippen LogP contribution is -2.53. The summed E-state index contributed by atoms with van der Waals surface area (Å²) in [6.45, 7) is 8.95. The zero-order chi connectivity index (χ0) is 27.5. The van der Waals surface area contributed by atoms with Gasteiger partial charge in [-0.2, -0.15) is 10.1 Å². The first kappa shape index (κ1) is 25.8. The van der Waals surface area contributed by atoms with Gasteiger partial charge in [0.05, 0.1) is 11.9 Å². The van der Waals surface area contributed by atoms with Gasteiger partial charge in [-0.1, -0.05) is 12.6 Å². The molecule has 1 aromatic carbocycles. The molecular weight excluding hydrogens is 501 g/mol. The molecule has 0 saturated carbocycles. The highest BCUT2D eigenvalue weighted by molar-refractivity contribution is 5.87. The number of piperazine rings is 1. The fraction of sp³-hybridized carbons (Fsp3) is 0.259. The Morgan fingerprint density at radius 1 is 1.21 bits per heavy atom. The maximum absolute atomic E-state index is 15.2. The fourth-order valence-corrected chi connectivity index (χ4v) is 4.40. The van der Waals surface area contributed by atoms with Crippen molar-refractivity contribution >= 4 is 23.4 Å². The van der Waals surface area contributed by atoms with E-state index in [1.165, 1.54) is 18.2 Å². The summed E-state index contributed by atoms with van der Waals surface area (Å²) in [4.78, 5) is 33.6. The first-order valence-electron chi connectivity index (χ1n) is 12.4. The van der Waals surface area contributed by atoms with Crippen molar-refractivity contribution in [2.45, 2.75) is 19.9 Å². The molecule has 11 nitrogen and oxygen atoms in total. The average Bonchev–Trinajstić information content (AvgIpc) is 3.33. The number of hydrogen-bond donors (Lipinski definition) is 1. The van der Waals surface area contributed by atoms with Crippen molar-refractivity contribution in [3.8, 4) is 22.9 Å². The average molecular weight is 530 g/mol. The number of anilines is 3. The molecule has 1 aliphatic heterocycles. The molecule has 1 N–H and O–H groups in total. The summed E-state index contributed by atoms with van der Waals surface area (Å²) in [6, 6.07) is 6.39. The van der Waals surface area contributed by atoms with Gasteiger partial charge in [0, 0.05) is 62.6 Å². The third-order valence-corrected chi connectivity index (χ3v) is 6.33. The molecule has 3 aromatic heterocycles. The van der Waals surface area contributed by atoms with Crippen LogP contribution in [0.15, 0.2) is 61.7 Å². The number of amides is 1. The summed E-state index contributed by atoms with van der Waals surface area (Å²) >= 11 is 0. The van der Waals surface area contributed by atoms with E-state index in [1.54, 1.807) is 47.2 Å². The molecule has 4 aromatic rings. The summed E-state index contributed by atoms with van der Waals surface area (Å²) in [5, 5.41) is 7.34. The molecule has 1 atom stereocenters. The number of aryl methyl sites for hydroxylation is 2. The number of benzene rings is 1. The van der Waals surface area contributed by atoms with Gasteiger partial charge < -0.3 is 19.9 Å². The molecule has 0 radical (unpaired) electrons. The molecule has 0 bridgehead atoms. The normalized spacial score (nSPS) is 15.2. The molecule has 200 valence electrons. The molecule has 1 fully saturated rings. The lowest BCUT2D eigenvalue weighted by atomic mass is 10.1. The zero-order valence-electron chi connectivity index (χ0n) is 21.9. The van der Waals surface area contributed by atoms with Crippen LogP contribution in [0.4, 0.5) is 21.8 Å².